The Balaban J connectivity index is 1.36. The minimum Gasteiger partial charge on any atom is -0.490 e. The van der Waals surface area contributed by atoms with Gasteiger partial charge in [0.2, 0.25) is 5.13 Å². The highest BCUT2D eigenvalue weighted by atomic mass is 32.2. The van der Waals surface area contributed by atoms with E-state index in [9.17, 15) is 4.79 Å². The Hall–Kier alpha value is -2.16. The molecule has 35 heavy (non-hydrogen) atoms. The van der Waals surface area contributed by atoms with Gasteiger partial charge >= 0.3 is 0 Å². The zero-order valence-electron chi connectivity index (χ0n) is 21.2. The molecule has 1 aliphatic heterocycles. The molecule has 190 valence electrons. The normalized spacial score (nSPS) is 14.5. The number of rotatable bonds is 13. The lowest BCUT2D eigenvalue weighted by Gasteiger charge is -2.26. The standard InChI is InChI=1S/C27H38N4O2S2/c1-21(2)9-7-10-22(3)15-19-33-24-13-11-23(12-14-24)25(32)28-26-29-30-27(35-26)34-20-8-18-31-16-5-4-6-17-31/h9,11-15H,4-8,10,16-20H2,1-3H3,(H,28,29,32)/b22-15+. The molecule has 1 aliphatic rings. The predicted octanol–water partition coefficient (Wildman–Crippen LogP) is 6.83. The minimum absolute atomic E-state index is 0.190. The van der Waals surface area contributed by atoms with E-state index in [2.05, 4.69) is 53.3 Å². The van der Waals surface area contributed by atoms with Crippen LogP contribution in [0.4, 0.5) is 5.13 Å². The Kier molecular flexibility index (Phi) is 11.8. The van der Waals surface area contributed by atoms with Gasteiger partial charge in [-0.25, -0.2) is 0 Å². The highest BCUT2D eigenvalue weighted by molar-refractivity contribution is 8.01. The van der Waals surface area contributed by atoms with Crippen molar-refractivity contribution in [3.8, 4) is 5.75 Å². The highest BCUT2D eigenvalue weighted by Crippen LogP contribution is 2.26. The van der Waals surface area contributed by atoms with Gasteiger partial charge in [-0.15, -0.1) is 10.2 Å². The van der Waals surface area contributed by atoms with E-state index < -0.39 is 0 Å². The van der Waals surface area contributed by atoms with E-state index in [0.717, 1.165) is 41.6 Å². The van der Waals surface area contributed by atoms with Gasteiger partial charge in [-0.1, -0.05) is 46.7 Å². The van der Waals surface area contributed by atoms with Crippen LogP contribution >= 0.6 is 23.1 Å². The van der Waals surface area contributed by atoms with E-state index in [1.165, 1.54) is 54.8 Å². The second kappa shape index (κ2) is 15.1. The molecule has 0 spiro atoms. The van der Waals surface area contributed by atoms with Gasteiger partial charge in [0, 0.05) is 11.3 Å². The Morgan fingerprint density at radius 2 is 1.89 bits per heavy atom. The summed E-state index contributed by atoms with van der Waals surface area (Å²) >= 11 is 3.14. The first-order valence-electron chi connectivity index (χ1n) is 12.5. The molecule has 2 heterocycles. The van der Waals surface area contributed by atoms with Crippen LogP contribution in [0.2, 0.25) is 0 Å². The molecule has 1 saturated heterocycles. The molecule has 0 unspecified atom stereocenters. The summed E-state index contributed by atoms with van der Waals surface area (Å²) in [5.41, 5.74) is 3.23. The van der Waals surface area contributed by atoms with Crippen molar-refractivity contribution in [1.29, 1.82) is 0 Å². The Morgan fingerprint density at radius 1 is 1.11 bits per heavy atom. The number of amides is 1. The van der Waals surface area contributed by atoms with Crippen LogP contribution in [0.25, 0.3) is 0 Å². The fourth-order valence-corrected chi connectivity index (χ4v) is 5.53. The number of nitrogens with zero attached hydrogens (tertiary/aromatic N) is 3. The third kappa shape index (κ3) is 10.5. The molecular weight excluding hydrogens is 476 g/mol. The largest absolute Gasteiger partial charge is 0.490 e. The molecule has 0 atom stereocenters. The summed E-state index contributed by atoms with van der Waals surface area (Å²) < 4.78 is 6.69. The quantitative estimate of drug-likeness (QED) is 0.137. The number of carbonyl (C=O) groups is 1. The molecule has 6 nitrogen and oxygen atoms in total. The van der Waals surface area contributed by atoms with Crippen molar-refractivity contribution in [2.45, 2.75) is 63.6 Å². The van der Waals surface area contributed by atoms with Gasteiger partial charge < -0.3 is 9.64 Å². The van der Waals surface area contributed by atoms with E-state index >= 15 is 0 Å². The zero-order valence-corrected chi connectivity index (χ0v) is 22.8. The summed E-state index contributed by atoms with van der Waals surface area (Å²) in [5.74, 6) is 1.57. The van der Waals surface area contributed by atoms with Crippen LogP contribution in [0, 0.1) is 0 Å². The van der Waals surface area contributed by atoms with Crippen LogP contribution in [0.5, 0.6) is 5.75 Å². The predicted molar refractivity (Wildman–Crippen MR) is 148 cm³/mol. The number of allylic oxidation sites excluding steroid dienone is 3. The van der Waals surface area contributed by atoms with Crippen molar-refractivity contribution in [2.24, 2.45) is 0 Å². The molecule has 1 fully saturated rings. The van der Waals surface area contributed by atoms with Crippen molar-refractivity contribution in [3.05, 3.63) is 53.1 Å². The first kappa shape index (κ1) is 27.4. The van der Waals surface area contributed by atoms with Gasteiger partial charge in [0.05, 0.1) is 0 Å². The topological polar surface area (TPSA) is 67.3 Å². The molecule has 3 rings (SSSR count). The first-order valence-corrected chi connectivity index (χ1v) is 14.3. The molecule has 0 saturated carbocycles. The number of hydrogen-bond donors (Lipinski definition) is 1. The van der Waals surface area contributed by atoms with Gasteiger partial charge in [-0.05, 0) is 103 Å². The highest BCUT2D eigenvalue weighted by Gasteiger charge is 2.12. The van der Waals surface area contributed by atoms with Crippen LogP contribution in [-0.4, -0.2) is 53.0 Å². The molecule has 0 radical (unpaired) electrons. The number of likely N-dealkylation sites (tertiary alicyclic amines) is 1. The van der Waals surface area contributed by atoms with E-state index in [4.69, 9.17) is 4.74 Å². The number of thioether (sulfide) groups is 1. The van der Waals surface area contributed by atoms with Crippen molar-refractivity contribution >= 4 is 34.1 Å². The number of nitrogens with one attached hydrogen (secondary N) is 1. The Morgan fingerprint density at radius 3 is 2.63 bits per heavy atom. The van der Waals surface area contributed by atoms with Crippen LogP contribution in [0.3, 0.4) is 0 Å². The maximum absolute atomic E-state index is 12.6. The van der Waals surface area contributed by atoms with Crippen molar-refractivity contribution in [1.82, 2.24) is 15.1 Å². The Labute approximate surface area is 218 Å². The molecule has 1 N–H and O–H groups in total. The van der Waals surface area contributed by atoms with Crippen LogP contribution in [0.15, 0.2) is 51.9 Å². The molecule has 2 aromatic rings. The fraction of sp³-hybridized carbons (Fsp3) is 0.519. The number of piperidine rings is 1. The number of hydrogen-bond acceptors (Lipinski definition) is 7. The number of aromatic nitrogens is 2. The summed E-state index contributed by atoms with van der Waals surface area (Å²) in [6.07, 6.45) is 11.6. The van der Waals surface area contributed by atoms with E-state index in [0.29, 0.717) is 17.3 Å². The van der Waals surface area contributed by atoms with E-state index in [1.807, 2.05) is 12.1 Å². The number of benzene rings is 1. The monoisotopic (exact) mass is 514 g/mol. The molecule has 1 aromatic carbocycles. The fourth-order valence-electron chi connectivity index (χ4n) is 3.79. The number of carbonyl (C=O) groups excluding carboxylic acids is 1. The van der Waals surface area contributed by atoms with Crippen molar-refractivity contribution in [2.75, 3.05) is 37.3 Å². The van der Waals surface area contributed by atoms with E-state index in [-0.39, 0.29) is 5.91 Å². The summed E-state index contributed by atoms with van der Waals surface area (Å²) in [6.45, 7) is 10.5. The lowest BCUT2D eigenvalue weighted by Crippen LogP contribution is -2.30. The summed E-state index contributed by atoms with van der Waals surface area (Å²) in [4.78, 5) is 15.1. The second-order valence-corrected chi connectivity index (χ2v) is 11.5. The third-order valence-corrected chi connectivity index (χ3v) is 7.87. The maximum atomic E-state index is 12.6. The van der Waals surface area contributed by atoms with Crippen LogP contribution < -0.4 is 10.1 Å². The summed E-state index contributed by atoms with van der Waals surface area (Å²) in [7, 11) is 0. The molecule has 8 heteroatoms. The summed E-state index contributed by atoms with van der Waals surface area (Å²) in [6, 6.07) is 7.19. The minimum atomic E-state index is -0.190. The van der Waals surface area contributed by atoms with Gasteiger partial charge in [-0.3, -0.25) is 10.1 Å². The van der Waals surface area contributed by atoms with Gasteiger partial charge in [0.15, 0.2) is 4.34 Å². The van der Waals surface area contributed by atoms with Gasteiger partial charge in [-0.2, -0.15) is 0 Å². The van der Waals surface area contributed by atoms with Crippen LogP contribution in [-0.2, 0) is 0 Å². The third-order valence-electron chi connectivity index (χ3n) is 5.81. The number of ether oxygens (including phenoxy) is 1. The van der Waals surface area contributed by atoms with Crippen LogP contribution in [0.1, 0.15) is 69.7 Å². The Bertz CT molecular complexity index is 975. The lowest BCUT2D eigenvalue weighted by atomic mass is 10.1. The maximum Gasteiger partial charge on any atom is 0.257 e. The lowest BCUT2D eigenvalue weighted by molar-refractivity contribution is 0.102. The molecular formula is C27H38N4O2S2. The summed E-state index contributed by atoms with van der Waals surface area (Å²) in [5, 5.41) is 11.7. The average Bonchev–Trinajstić information content (AvgIpc) is 3.30. The average molecular weight is 515 g/mol. The SMILES string of the molecule is CC(C)=CCC/C(C)=C/COc1ccc(C(=O)Nc2nnc(SCCCN3CCCCC3)s2)cc1. The molecule has 0 aliphatic carbocycles. The molecule has 0 bridgehead atoms. The van der Waals surface area contributed by atoms with E-state index in [1.54, 1.807) is 23.9 Å². The second-order valence-electron chi connectivity index (χ2n) is 9.14. The molecule has 1 aromatic heterocycles. The number of anilines is 1. The first-order chi connectivity index (χ1) is 17.0. The van der Waals surface area contributed by atoms with Gasteiger partial charge in [0.1, 0.15) is 12.4 Å². The van der Waals surface area contributed by atoms with Crippen molar-refractivity contribution < 1.29 is 9.53 Å². The van der Waals surface area contributed by atoms with Gasteiger partial charge in [0.25, 0.3) is 5.91 Å². The zero-order chi connectivity index (χ0) is 24.9. The van der Waals surface area contributed by atoms with Crippen molar-refractivity contribution in [3.63, 3.8) is 0 Å². The molecule has 1 amide bonds. The smallest absolute Gasteiger partial charge is 0.257 e.